The summed E-state index contributed by atoms with van der Waals surface area (Å²) >= 11 is 0. The molecule has 49 heavy (non-hydrogen) atoms. The normalized spacial score (nSPS) is 24.9. The summed E-state index contributed by atoms with van der Waals surface area (Å²) in [5.41, 5.74) is -2.15. The van der Waals surface area contributed by atoms with Crippen LogP contribution in [0.4, 0.5) is 0 Å². The van der Waals surface area contributed by atoms with Crippen molar-refractivity contribution in [3.63, 3.8) is 0 Å². The van der Waals surface area contributed by atoms with Gasteiger partial charge in [0.15, 0.2) is 5.78 Å². The highest BCUT2D eigenvalue weighted by atomic mass is 32.2. The number of hydrogen-bond donors (Lipinski definition) is 2. The number of fused-ring (bicyclic) bond motifs is 1. The number of aromatic nitrogens is 1. The number of nitrogens with zero attached hydrogens (tertiary/aromatic N) is 2. The van der Waals surface area contributed by atoms with Crippen molar-refractivity contribution in [1.29, 1.82) is 0 Å². The molecule has 3 aliphatic rings. The van der Waals surface area contributed by atoms with Crippen LogP contribution in [-0.4, -0.2) is 89.7 Å². The van der Waals surface area contributed by atoms with Gasteiger partial charge in [-0.2, -0.15) is 0 Å². The number of likely N-dealkylation sites (tertiary alicyclic amines) is 1. The van der Waals surface area contributed by atoms with Crippen LogP contribution in [0.5, 0.6) is 11.6 Å². The van der Waals surface area contributed by atoms with E-state index in [2.05, 4.69) is 16.3 Å². The molecule has 13 nitrogen and oxygen atoms in total. The highest BCUT2D eigenvalue weighted by Crippen LogP contribution is 2.57. The molecule has 2 aliphatic carbocycles. The average molecular weight is 700 g/mol. The lowest BCUT2D eigenvalue weighted by molar-refractivity contribution is -0.161. The molecule has 2 heterocycles. The highest BCUT2D eigenvalue weighted by molar-refractivity contribution is 7.90. The fraction of sp³-hybridized carbons (Fsp3) is 0.571. The van der Waals surface area contributed by atoms with Gasteiger partial charge in [0, 0.05) is 24.4 Å². The number of aliphatic hydroxyl groups excluding tert-OH is 1. The zero-order valence-corrected chi connectivity index (χ0v) is 29.3. The minimum absolute atomic E-state index is 0.0363. The van der Waals surface area contributed by atoms with E-state index >= 15 is 0 Å². The molecule has 0 spiro atoms. The summed E-state index contributed by atoms with van der Waals surface area (Å²) in [6.45, 7) is 10.2. The minimum atomic E-state index is -3.87. The predicted octanol–water partition coefficient (Wildman–Crippen LogP) is 3.08. The Morgan fingerprint density at radius 1 is 1.20 bits per heavy atom. The van der Waals surface area contributed by atoms with Crippen LogP contribution < -0.4 is 14.2 Å². The van der Waals surface area contributed by atoms with E-state index in [1.807, 2.05) is 6.07 Å². The fourth-order valence-electron chi connectivity index (χ4n) is 6.49. The molecule has 5 rings (SSSR count). The first-order valence-corrected chi connectivity index (χ1v) is 18.0. The lowest BCUT2D eigenvalue weighted by Crippen LogP contribution is -2.48. The van der Waals surface area contributed by atoms with E-state index in [1.54, 1.807) is 52.3 Å². The van der Waals surface area contributed by atoms with Crippen LogP contribution in [-0.2, 0) is 33.9 Å². The fourth-order valence-corrected chi connectivity index (χ4v) is 7.87. The number of benzene rings is 1. The Bertz CT molecular complexity index is 1750. The lowest BCUT2D eigenvalue weighted by Gasteiger charge is -2.30. The largest absolute Gasteiger partial charge is 0.497 e. The molecule has 14 heteroatoms. The smallest absolute Gasteiger partial charge is 0.307 e. The Morgan fingerprint density at radius 2 is 1.92 bits per heavy atom. The molecule has 2 amide bonds. The summed E-state index contributed by atoms with van der Waals surface area (Å²) in [5.74, 6) is -3.30. The van der Waals surface area contributed by atoms with Gasteiger partial charge in [0.25, 0.3) is 0 Å². The number of Topliss-reactive ketones (excluding diaryl/α,β-unsaturated/α-hetero) is 1. The number of esters is 1. The van der Waals surface area contributed by atoms with Gasteiger partial charge in [0.1, 0.15) is 17.5 Å². The Morgan fingerprint density at radius 3 is 2.51 bits per heavy atom. The summed E-state index contributed by atoms with van der Waals surface area (Å²) in [4.78, 5) is 60.2. The molecule has 1 aliphatic heterocycles. The van der Waals surface area contributed by atoms with Crippen molar-refractivity contribution < 1.29 is 46.9 Å². The van der Waals surface area contributed by atoms with Crippen LogP contribution in [0.2, 0.25) is 0 Å². The second-order valence-corrected chi connectivity index (χ2v) is 16.3. The third-order valence-electron chi connectivity index (χ3n) is 9.40. The number of sulfonamides is 1. The minimum Gasteiger partial charge on any atom is -0.497 e. The Balaban J connectivity index is 1.42. The molecule has 0 unspecified atom stereocenters. The van der Waals surface area contributed by atoms with Gasteiger partial charge in [0.2, 0.25) is 27.7 Å². The first-order valence-electron chi connectivity index (χ1n) is 16.5. The van der Waals surface area contributed by atoms with Crippen LogP contribution in [0.1, 0.15) is 66.2 Å². The number of methoxy groups -OCH3 is 1. The number of amides is 2. The molecular formula is C35H45N3O10S. The number of pyridine rings is 1. The van der Waals surface area contributed by atoms with Crippen LogP contribution in [0.25, 0.3) is 10.8 Å². The Kier molecular flexibility index (Phi) is 10.1. The molecule has 2 aromatic rings. The second kappa shape index (κ2) is 13.7. The number of hydrogen-bond acceptors (Lipinski definition) is 11. The highest BCUT2D eigenvalue weighted by Gasteiger charge is 2.61. The number of carbonyl (C=O) groups excluding carboxylic acids is 4. The van der Waals surface area contributed by atoms with E-state index in [-0.39, 0.29) is 31.7 Å². The van der Waals surface area contributed by atoms with Gasteiger partial charge in [0.05, 0.1) is 48.8 Å². The number of carbonyl (C=O) groups is 4. The molecule has 1 aromatic carbocycles. The molecule has 0 radical (unpaired) electrons. The second-order valence-electron chi connectivity index (χ2n) is 14.3. The number of nitrogens with one attached hydrogen (secondary N) is 1. The SMILES string of the molecule is C=C[C@@H]1C[C@]1(CC(=O)[C@@H]1C[C@@H](Oc2nccc3cc(OC)ccc23)CN1C(=O)[C@@H](CC(=O)OC(C)(C)C)[C@@H](C)O)C(=O)NS(=O)(=O)C1CC1. The number of ketones is 1. The quantitative estimate of drug-likeness (QED) is 0.219. The zero-order valence-electron chi connectivity index (χ0n) is 28.5. The van der Waals surface area contributed by atoms with E-state index in [9.17, 15) is 32.7 Å². The summed E-state index contributed by atoms with van der Waals surface area (Å²) < 4.78 is 44.5. The Hall–Kier alpha value is -4.04. The maximum absolute atomic E-state index is 14.2. The van der Waals surface area contributed by atoms with Crippen molar-refractivity contribution in [1.82, 2.24) is 14.6 Å². The van der Waals surface area contributed by atoms with Crippen molar-refractivity contribution in [2.24, 2.45) is 17.3 Å². The van der Waals surface area contributed by atoms with Crippen LogP contribution in [0.15, 0.2) is 43.1 Å². The molecule has 0 bridgehead atoms. The van der Waals surface area contributed by atoms with E-state index in [0.717, 1.165) is 5.39 Å². The predicted molar refractivity (Wildman–Crippen MR) is 179 cm³/mol. The Labute approximate surface area is 286 Å². The number of ether oxygens (including phenoxy) is 3. The van der Waals surface area contributed by atoms with E-state index in [1.165, 1.54) is 17.9 Å². The first kappa shape index (κ1) is 36.2. The molecule has 266 valence electrons. The van der Waals surface area contributed by atoms with Crippen molar-refractivity contribution >= 4 is 44.4 Å². The van der Waals surface area contributed by atoms with Gasteiger partial charge in [-0.3, -0.25) is 23.9 Å². The zero-order chi connectivity index (χ0) is 35.9. The number of rotatable bonds is 14. The van der Waals surface area contributed by atoms with Gasteiger partial charge in [-0.05, 0) is 82.5 Å². The van der Waals surface area contributed by atoms with Crippen molar-refractivity contribution in [2.45, 2.75) is 95.3 Å². The standard InChI is InChI=1S/C35H45N3O10S/c1-7-22-17-35(22,33(43)37-49(44,45)25-9-10-25)18-29(40)28-15-24(47-31-26-11-8-23(46-6)14-21(26)12-13-36-31)19-38(28)32(42)27(20(2)39)16-30(41)48-34(3,4)5/h7-8,11-14,20,22,24-25,27-28,39H,1,9-10,15-19H2,2-6H3,(H,37,43)/t20-,22-,24-,27+,28+,35-/m1/s1. The summed E-state index contributed by atoms with van der Waals surface area (Å²) in [7, 11) is -2.31. The molecular weight excluding hydrogens is 654 g/mol. The molecule has 2 saturated carbocycles. The van der Waals surface area contributed by atoms with Crippen molar-refractivity contribution in [3.8, 4) is 11.6 Å². The third-order valence-corrected chi connectivity index (χ3v) is 11.2. The van der Waals surface area contributed by atoms with Gasteiger partial charge < -0.3 is 24.2 Å². The molecule has 3 fully saturated rings. The summed E-state index contributed by atoms with van der Waals surface area (Å²) in [6, 6.07) is 6.08. The van der Waals surface area contributed by atoms with Gasteiger partial charge in [-0.15, -0.1) is 6.58 Å². The topological polar surface area (TPSA) is 178 Å². The molecule has 6 atom stereocenters. The summed E-state index contributed by atoms with van der Waals surface area (Å²) in [5, 5.41) is 11.5. The van der Waals surface area contributed by atoms with Gasteiger partial charge in [-0.25, -0.2) is 13.4 Å². The number of aliphatic hydroxyl groups is 1. The van der Waals surface area contributed by atoms with Crippen LogP contribution in [0, 0.1) is 17.3 Å². The third kappa shape index (κ3) is 8.07. The van der Waals surface area contributed by atoms with Gasteiger partial charge in [-0.1, -0.05) is 6.08 Å². The number of allylic oxidation sites excluding steroid dienone is 1. The van der Waals surface area contributed by atoms with Gasteiger partial charge >= 0.3 is 5.97 Å². The average Bonchev–Trinajstić information content (AvgIpc) is 3.95. The maximum Gasteiger partial charge on any atom is 0.307 e. The maximum atomic E-state index is 14.2. The van der Waals surface area contributed by atoms with E-state index < -0.39 is 86.4 Å². The van der Waals surface area contributed by atoms with E-state index in [4.69, 9.17) is 14.2 Å². The lowest BCUT2D eigenvalue weighted by atomic mass is 9.90. The van der Waals surface area contributed by atoms with Crippen LogP contribution >= 0.6 is 0 Å². The molecule has 2 N–H and O–H groups in total. The summed E-state index contributed by atoms with van der Waals surface area (Å²) in [6.07, 6.45) is 1.56. The van der Waals surface area contributed by atoms with Crippen LogP contribution in [0.3, 0.4) is 0 Å². The monoisotopic (exact) mass is 699 g/mol. The van der Waals surface area contributed by atoms with Crippen molar-refractivity contribution in [3.05, 3.63) is 43.1 Å². The van der Waals surface area contributed by atoms with Crippen molar-refractivity contribution in [2.75, 3.05) is 13.7 Å². The van der Waals surface area contributed by atoms with E-state index in [0.29, 0.717) is 24.0 Å². The first-order chi connectivity index (χ1) is 23.0. The molecule has 1 aromatic heterocycles. The molecule has 1 saturated heterocycles.